The fourth-order valence-corrected chi connectivity index (χ4v) is 3.29. The van der Waals surface area contributed by atoms with E-state index >= 15 is 0 Å². The summed E-state index contributed by atoms with van der Waals surface area (Å²) in [6, 6.07) is 12.6. The van der Waals surface area contributed by atoms with E-state index in [2.05, 4.69) is 49.4 Å². The topological polar surface area (TPSA) is 38.9 Å². The molecule has 0 amide bonds. The van der Waals surface area contributed by atoms with Gasteiger partial charge in [0.25, 0.3) is 0 Å². The minimum atomic E-state index is 0.147. The van der Waals surface area contributed by atoms with Gasteiger partial charge in [-0.3, -0.25) is 0 Å². The second-order valence-electron chi connectivity index (χ2n) is 6.93. The zero-order valence-electron chi connectivity index (χ0n) is 13.9. The van der Waals surface area contributed by atoms with Crippen molar-refractivity contribution in [3.8, 4) is 22.4 Å². The van der Waals surface area contributed by atoms with Crippen LogP contribution in [0.3, 0.4) is 0 Å². The summed E-state index contributed by atoms with van der Waals surface area (Å²) >= 11 is 1.43. The van der Waals surface area contributed by atoms with Crippen molar-refractivity contribution in [3.63, 3.8) is 0 Å². The smallest absolute Gasteiger partial charge is 0.153 e. The molecular formula is C20H18N2OS. The van der Waals surface area contributed by atoms with Crippen molar-refractivity contribution in [3.05, 3.63) is 59.8 Å². The van der Waals surface area contributed by atoms with Crippen molar-refractivity contribution in [2.45, 2.75) is 26.2 Å². The van der Waals surface area contributed by atoms with Crippen LogP contribution >= 0.6 is 11.5 Å². The van der Waals surface area contributed by atoms with Gasteiger partial charge in [-0.05, 0) is 40.2 Å². The first-order valence-corrected chi connectivity index (χ1v) is 8.75. The molecule has 3 nitrogen and oxygen atoms in total. The number of aromatic nitrogens is 2. The minimum absolute atomic E-state index is 0.147. The lowest BCUT2D eigenvalue weighted by Gasteiger charge is -2.19. The van der Waals surface area contributed by atoms with Gasteiger partial charge in [0.15, 0.2) is 5.58 Å². The van der Waals surface area contributed by atoms with E-state index in [-0.39, 0.29) is 5.41 Å². The number of nitrogens with zero attached hydrogens (tertiary/aromatic N) is 2. The number of hydrogen-bond donors (Lipinski definition) is 0. The Labute approximate surface area is 145 Å². The third-order valence-corrected chi connectivity index (χ3v) is 4.79. The maximum absolute atomic E-state index is 5.70. The van der Waals surface area contributed by atoms with Gasteiger partial charge in [0.05, 0.1) is 11.9 Å². The monoisotopic (exact) mass is 334 g/mol. The van der Waals surface area contributed by atoms with Gasteiger partial charge in [0.1, 0.15) is 11.8 Å². The lowest BCUT2D eigenvalue weighted by molar-refractivity contribution is 0.590. The zero-order chi connectivity index (χ0) is 16.7. The third kappa shape index (κ3) is 2.63. The van der Waals surface area contributed by atoms with Crippen molar-refractivity contribution in [2.75, 3.05) is 0 Å². The summed E-state index contributed by atoms with van der Waals surface area (Å²) in [6.07, 6.45) is 3.64. The van der Waals surface area contributed by atoms with Crippen molar-refractivity contribution >= 4 is 22.6 Å². The predicted octanol–water partition coefficient (Wildman–Crippen LogP) is 5.92. The molecule has 0 saturated heterocycles. The number of benzene rings is 1. The molecule has 0 aliphatic rings. The van der Waals surface area contributed by atoms with Gasteiger partial charge in [-0.25, -0.2) is 9.36 Å². The molecular weight excluding hydrogens is 316 g/mol. The SMILES string of the molecule is CC(C)(C)c1ccc(-c2coc3ccc(-c4cnsc4)nc23)cc1. The van der Waals surface area contributed by atoms with Gasteiger partial charge in [0, 0.05) is 16.5 Å². The molecule has 0 bridgehead atoms. The van der Waals surface area contributed by atoms with E-state index in [0.717, 1.165) is 33.5 Å². The van der Waals surface area contributed by atoms with Crippen LogP contribution in [0.4, 0.5) is 0 Å². The standard InChI is InChI=1S/C20H18N2OS/c1-20(2,3)15-6-4-13(5-7-15)16-11-23-18-9-8-17(22-19(16)18)14-10-21-24-12-14/h4-12H,1-3H3. The maximum Gasteiger partial charge on any atom is 0.153 e. The molecule has 1 aromatic carbocycles. The molecule has 0 aliphatic heterocycles. The number of pyridine rings is 1. The fraction of sp³-hybridized carbons (Fsp3) is 0.200. The number of furan rings is 1. The molecule has 4 rings (SSSR count). The van der Waals surface area contributed by atoms with E-state index in [0.29, 0.717) is 0 Å². The van der Waals surface area contributed by atoms with Crippen LogP contribution < -0.4 is 0 Å². The highest BCUT2D eigenvalue weighted by molar-refractivity contribution is 7.03. The summed E-state index contributed by atoms with van der Waals surface area (Å²) in [5.74, 6) is 0. The number of hydrogen-bond acceptors (Lipinski definition) is 4. The second kappa shape index (κ2) is 5.56. The second-order valence-corrected chi connectivity index (χ2v) is 7.59. The molecule has 0 fully saturated rings. The molecule has 0 unspecified atom stereocenters. The highest BCUT2D eigenvalue weighted by Crippen LogP contribution is 2.33. The van der Waals surface area contributed by atoms with Crippen LogP contribution in [0.25, 0.3) is 33.5 Å². The number of fused-ring (bicyclic) bond motifs is 1. The normalized spacial score (nSPS) is 12.0. The summed E-state index contributed by atoms with van der Waals surface area (Å²) in [5.41, 5.74) is 7.26. The van der Waals surface area contributed by atoms with Crippen molar-refractivity contribution in [1.82, 2.24) is 9.36 Å². The van der Waals surface area contributed by atoms with E-state index < -0.39 is 0 Å². The number of rotatable bonds is 2. The van der Waals surface area contributed by atoms with Crippen molar-refractivity contribution < 1.29 is 4.42 Å². The average Bonchev–Trinajstić information content (AvgIpc) is 3.23. The summed E-state index contributed by atoms with van der Waals surface area (Å²) < 4.78 is 9.86. The Balaban J connectivity index is 1.80. The van der Waals surface area contributed by atoms with Gasteiger partial charge in [-0.2, -0.15) is 0 Å². The largest absolute Gasteiger partial charge is 0.462 e. The quantitative estimate of drug-likeness (QED) is 0.457. The first-order chi connectivity index (χ1) is 11.5. The molecule has 0 N–H and O–H groups in total. The van der Waals surface area contributed by atoms with Crippen LogP contribution in [-0.4, -0.2) is 9.36 Å². The van der Waals surface area contributed by atoms with E-state index in [1.807, 2.05) is 23.7 Å². The van der Waals surface area contributed by atoms with Crippen LogP contribution in [0.1, 0.15) is 26.3 Å². The van der Waals surface area contributed by atoms with Gasteiger partial charge >= 0.3 is 0 Å². The van der Waals surface area contributed by atoms with E-state index in [1.165, 1.54) is 17.1 Å². The van der Waals surface area contributed by atoms with Gasteiger partial charge in [-0.15, -0.1) is 0 Å². The molecule has 0 aliphatic carbocycles. The molecule has 4 heteroatoms. The molecule has 24 heavy (non-hydrogen) atoms. The first kappa shape index (κ1) is 15.1. The summed E-state index contributed by atoms with van der Waals surface area (Å²) in [4.78, 5) is 4.80. The Morgan fingerprint density at radius 1 is 0.958 bits per heavy atom. The Kier molecular flexibility index (Phi) is 3.50. The molecule has 0 saturated carbocycles. The zero-order valence-corrected chi connectivity index (χ0v) is 14.7. The molecule has 0 atom stereocenters. The van der Waals surface area contributed by atoms with Gasteiger partial charge < -0.3 is 4.42 Å². The highest BCUT2D eigenvalue weighted by atomic mass is 32.1. The van der Waals surface area contributed by atoms with Crippen LogP contribution in [0.5, 0.6) is 0 Å². The van der Waals surface area contributed by atoms with E-state index in [4.69, 9.17) is 9.40 Å². The Morgan fingerprint density at radius 3 is 2.42 bits per heavy atom. The third-order valence-electron chi connectivity index (χ3n) is 4.21. The van der Waals surface area contributed by atoms with Gasteiger partial charge in [-0.1, -0.05) is 45.0 Å². The van der Waals surface area contributed by atoms with Crippen LogP contribution in [0.2, 0.25) is 0 Å². The molecule has 0 radical (unpaired) electrons. The maximum atomic E-state index is 5.70. The lowest BCUT2D eigenvalue weighted by atomic mass is 9.86. The highest BCUT2D eigenvalue weighted by Gasteiger charge is 2.15. The summed E-state index contributed by atoms with van der Waals surface area (Å²) in [7, 11) is 0. The molecule has 3 aromatic heterocycles. The fourth-order valence-electron chi connectivity index (χ4n) is 2.76. The van der Waals surface area contributed by atoms with Crippen LogP contribution in [0.15, 0.2) is 58.7 Å². The van der Waals surface area contributed by atoms with E-state index in [1.54, 1.807) is 6.26 Å². The van der Waals surface area contributed by atoms with Crippen molar-refractivity contribution in [1.29, 1.82) is 0 Å². The Bertz CT molecular complexity index is 977. The molecule has 3 heterocycles. The Morgan fingerprint density at radius 2 is 1.75 bits per heavy atom. The lowest BCUT2D eigenvalue weighted by Crippen LogP contribution is -2.10. The van der Waals surface area contributed by atoms with Gasteiger partial charge in [0.2, 0.25) is 0 Å². The van der Waals surface area contributed by atoms with E-state index in [9.17, 15) is 0 Å². The summed E-state index contributed by atoms with van der Waals surface area (Å²) in [5, 5.41) is 2.01. The molecule has 0 spiro atoms. The average molecular weight is 334 g/mol. The molecule has 4 aromatic rings. The minimum Gasteiger partial charge on any atom is -0.462 e. The van der Waals surface area contributed by atoms with Crippen LogP contribution in [-0.2, 0) is 5.41 Å². The first-order valence-electron chi connectivity index (χ1n) is 7.91. The molecule has 120 valence electrons. The predicted molar refractivity (Wildman–Crippen MR) is 99.3 cm³/mol. The summed E-state index contributed by atoms with van der Waals surface area (Å²) in [6.45, 7) is 6.66. The Hall–Kier alpha value is -2.46. The van der Waals surface area contributed by atoms with Crippen LogP contribution in [0, 0.1) is 0 Å². The van der Waals surface area contributed by atoms with Crippen molar-refractivity contribution in [2.24, 2.45) is 0 Å².